The number of hydrogen-bond donors (Lipinski definition) is 1. The summed E-state index contributed by atoms with van der Waals surface area (Å²) in [7, 11) is 0. The van der Waals surface area contributed by atoms with Crippen LogP contribution in [0.25, 0.3) is 11.7 Å². The Morgan fingerprint density at radius 1 is 1.29 bits per heavy atom. The largest absolute Gasteiger partial charge is 0.493 e. The first-order chi connectivity index (χ1) is 11.6. The van der Waals surface area contributed by atoms with Crippen molar-refractivity contribution in [2.45, 2.75) is 19.8 Å². The van der Waals surface area contributed by atoms with Crippen molar-refractivity contribution < 1.29 is 23.5 Å². The average molecular weight is 327 g/mol. The molecular weight excluding hydrogens is 310 g/mol. The summed E-state index contributed by atoms with van der Waals surface area (Å²) >= 11 is 0. The minimum atomic E-state index is -0.865. The van der Waals surface area contributed by atoms with Gasteiger partial charge in [0.25, 0.3) is 5.89 Å². The van der Waals surface area contributed by atoms with Crippen LogP contribution in [-0.2, 0) is 17.6 Å². The van der Waals surface area contributed by atoms with Gasteiger partial charge in [-0.3, -0.25) is 4.79 Å². The topological polar surface area (TPSA) is 85.7 Å². The molecule has 6 heteroatoms. The van der Waals surface area contributed by atoms with E-state index >= 15 is 0 Å². The Bertz CT molecular complexity index is 820. The highest BCUT2D eigenvalue weighted by Crippen LogP contribution is 2.22. The smallest absolute Gasteiger partial charge is 0.307 e. The van der Waals surface area contributed by atoms with E-state index in [-0.39, 0.29) is 6.42 Å². The molecule has 0 aliphatic carbocycles. The number of hydrogen-bond acceptors (Lipinski definition) is 5. The van der Waals surface area contributed by atoms with Gasteiger partial charge in [-0.25, -0.2) is 4.98 Å². The van der Waals surface area contributed by atoms with Gasteiger partial charge in [-0.1, -0.05) is 12.1 Å². The Hall–Kier alpha value is -3.02. The number of aryl methyl sites for hydroxylation is 1. The minimum Gasteiger partial charge on any atom is -0.493 e. The highest BCUT2D eigenvalue weighted by atomic mass is 16.5. The second kappa shape index (κ2) is 7.04. The molecule has 0 radical (unpaired) electrons. The summed E-state index contributed by atoms with van der Waals surface area (Å²) in [5.41, 5.74) is 1.51. The second-order valence-electron chi connectivity index (χ2n) is 5.32. The minimum absolute atomic E-state index is 0.0217. The number of nitrogens with zero attached hydrogens (tertiary/aromatic N) is 1. The molecule has 0 spiro atoms. The molecule has 0 aliphatic rings. The zero-order valence-corrected chi connectivity index (χ0v) is 13.2. The Morgan fingerprint density at radius 3 is 2.92 bits per heavy atom. The lowest BCUT2D eigenvalue weighted by Crippen LogP contribution is -2.04. The van der Waals surface area contributed by atoms with Gasteiger partial charge in [-0.2, -0.15) is 0 Å². The molecule has 0 saturated carbocycles. The molecule has 3 aromatic rings. The van der Waals surface area contributed by atoms with Crippen molar-refractivity contribution in [1.29, 1.82) is 0 Å². The fourth-order valence-electron chi connectivity index (χ4n) is 2.35. The zero-order chi connectivity index (χ0) is 16.9. The van der Waals surface area contributed by atoms with Crippen LogP contribution in [0.2, 0.25) is 0 Å². The van der Waals surface area contributed by atoms with Gasteiger partial charge in [-0.15, -0.1) is 0 Å². The lowest BCUT2D eigenvalue weighted by atomic mass is 10.1. The van der Waals surface area contributed by atoms with Gasteiger partial charge in [0, 0.05) is 6.42 Å². The number of aliphatic carboxylic acids is 1. The monoisotopic (exact) mass is 327 g/mol. The third-order valence-corrected chi connectivity index (χ3v) is 3.49. The van der Waals surface area contributed by atoms with E-state index in [1.54, 1.807) is 42.7 Å². The molecule has 0 saturated heterocycles. The summed E-state index contributed by atoms with van der Waals surface area (Å²) in [6.07, 6.45) is 2.13. The summed E-state index contributed by atoms with van der Waals surface area (Å²) in [6.45, 7) is 2.27. The van der Waals surface area contributed by atoms with Crippen molar-refractivity contribution in [3.63, 3.8) is 0 Å². The lowest BCUT2D eigenvalue weighted by molar-refractivity contribution is -0.136. The number of rotatable bonds is 7. The molecule has 0 bridgehead atoms. The van der Waals surface area contributed by atoms with Gasteiger partial charge in [0.15, 0.2) is 5.76 Å². The van der Waals surface area contributed by atoms with Crippen molar-refractivity contribution in [1.82, 2.24) is 4.98 Å². The SMILES string of the molecule is Cc1oc(-c2ccco2)nc1CCOc1cccc(CC(=O)O)c1. The highest BCUT2D eigenvalue weighted by molar-refractivity contribution is 5.70. The van der Waals surface area contributed by atoms with E-state index in [1.165, 1.54) is 0 Å². The van der Waals surface area contributed by atoms with Crippen molar-refractivity contribution in [2.24, 2.45) is 0 Å². The van der Waals surface area contributed by atoms with E-state index < -0.39 is 5.97 Å². The summed E-state index contributed by atoms with van der Waals surface area (Å²) in [5, 5.41) is 8.83. The van der Waals surface area contributed by atoms with Crippen LogP contribution in [0.4, 0.5) is 0 Å². The molecule has 6 nitrogen and oxygen atoms in total. The Balaban J connectivity index is 1.60. The number of carbonyl (C=O) groups is 1. The van der Waals surface area contributed by atoms with Gasteiger partial charge in [0.05, 0.1) is 25.0 Å². The van der Waals surface area contributed by atoms with Crippen LogP contribution in [0.5, 0.6) is 5.75 Å². The number of oxazole rings is 1. The number of ether oxygens (including phenoxy) is 1. The highest BCUT2D eigenvalue weighted by Gasteiger charge is 2.13. The van der Waals surface area contributed by atoms with Gasteiger partial charge >= 0.3 is 5.97 Å². The first-order valence-electron chi connectivity index (χ1n) is 7.55. The zero-order valence-electron chi connectivity index (χ0n) is 13.2. The first kappa shape index (κ1) is 15.9. The average Bonchev–Trinajstić information content (AvgIpc) is 3.17. The second-order valence-corrected chi connectivity index (χ2v) is 5.32. The third kappa shape index (κ3) is 3.84. The van der Waals surface area contributed by atoms with Crippen LogP contribution >= 0.6 is 0 Å². The van der Waals surface area contributed by atoms with Gasteiger partial charge in [0.1, 0.15) is 11.5 Å². The quantitative estimate of drug-likeness (QED) is 0.715. The number of aromatic nitrogens is 1. The molecule has 1 N–H and O–H groups in total. The van der Waals surface area contributed by atoms with Crippen LogP contribution < -0.4 is 4.74 Å². The van der Waals surface area contributed by atoms with E-state index in [4.69, 9.17) is 18.7 Å². The molecule has 0 amide bonds. The van der Waals surface area contributed by atoms with Crippen molar-refractivity contribution in [2.75, 3.05) is 6.61 Å². The molecule has 0 unspecified atom stereocenters. The Kier molecular flexibility index (Phi) is 4.65. The molecule has 124 valence electrons. The van der Waals surface area contributed by atoms with Crippen LogP contribution in [0, 0.1) is 6.92 Å². The Labute approximate surface area is 138 Å². The molecule has 0 aliphatic heterocycles. The van der Waals surface area contributed by atoms with Crippen LogP contribution in [0.15, 0.2) is 51.5 Å². The van der Waals surface area contributed by atoms with Gasteiger partial charge < -0.3 is 18.7 Å². The summed E-state index contributed by atoms with van der Waals surface area (Å²) in [6, 6.07) is 10.6. The molecule has 2 heterocycles. The maximum absolute atomic E-state index is 10.7. The molecule has 0 atom stereocenters. The molecule has 1 aromatic carbocycles. The number of benzene rings is 1. The molecule has 0 fully saturated rings. The van der Waals surface area contributed by atoms with Crippen molar-refractivity contribution >= 4 is 5.97 Å². The van der Waals surface area contributed by atoms with Crippen molar-refractivity contribution in [3.8, 4) is 17.4 Å². The normalized spacial score (nSPS) is 10.7. The van der Waals surface area contributed by atoms with Crippen LogP contribution in [-0.4, -0.2) is 22.7 Å². The molecular formula is C18H17NO5. The van der Waals surface area contributed by atoms with E-state index in [0.717, 1.165) is 11.5 Å². The summed E-state index contributed by atoms with van der Waals surface area (Å²) in [5.74, 6) is 1.55. The number of furan rings is 1. The summed E-state index contributed by atoms with van der Waals surface area (Å²) < 4.78 is 16.6. The first-order valence-corrected chi connectivity index (χ1v) is 7.55. The molecule has 2 aromatic heterocycles. The predicted molar refractivity (Wildman–Crippen MR) is 85.9 cm³/mol. The maximum Gasteiger partial charge on any atom is 0.307 e. The standard InChI is InChI=1S/C18H17NO5/c1-12-15(19-18(24-12)16-6-3-8-23-16)7-9-22-14-5-2-4-13(10-14)11-17(20)21/h2-6,8,10H,7,9,11H2,1H3,(H,20,21). The fraction of sp³-hybridized carbons (Fsp3) is 0.222. The van der Waals surface area contributed by atoms with E-state index in [9.17, 15) is 4.79 Å². The van der Waals surface area contributed by atoms with Crippen LogP contribution in [0.1, 0.15) is 17.0 Å². The predicted octanol–water partition coefficient (Wildman–Crippen LogP) is 3.49. The van der Waals surface area contributed by atoms with Gasteiger partial charge in [0.2, 0.25) is 0 Å². The Morgan fingerprint density at radius 2 is 2.17 bits per heavy atom. The molecule has 24 heavy (non-hydrogen) atoms. The molecule has 3 rings (SSSR count). The van der Waals surface area contributed by atoms with Crippen molar-refractivity contribution in [3.05, 3.63) is 59.7 Å². The third-order valence-electron chi connectivity index (χ3n) is 3.49. The summed E-state index contributed by atoms with van der Waals surface area (Å²) in [4.78, 5) is 15.2. The van der Waals surface area contributed by atoms with E-state index in [2.05, 4.69) is 4.98 Å². The number of carboxylic acid groups (broad SMARTS) is 1. The van der Waals surface area contributed by atoms with E-state index in [1.807, 2.05) is 6.92 Å². The van der Waals surface area contributed by atoms with E-state index in [0.29, 0.717) is 36.0 Å². The number of carboxylic acids is 1. The van der Waals surface area contributed by atoms with Crippen LogP contribution in [0.3, 0.4) is 0 Å². The fourth-order valence-corrected chi connectivity index (χ4v) is 2.35. The maximum atomic E-state index is 10.7. The van der Waals surface area contributed by atoms with Gasteiger partial charge in [-0.05, 0) is 36.8 Å². The lowest BCUT2D eigenvalue weighted by Gasteiger charge is -2.06.